The van der Waals surface area contributed by atoms with Crippen molar-refractivity contribution in [2.24, 2.45) is 11.7 Å². The molecule has 0 saturated heterocycles. The molecule has 4 heteroatoms. The van der Waals surface area contributed by atoms with E-state index >= 15 is 0 Å². The molecule has 4 N–H and O–H groups in total. The SMILES string of the molecule is CCc1n[nH]c2c1C(O)(CN)C(C)CC2. The smallest absolute Gasteiger partial charge is 0.108 e. The lowest BCUT2D eigenvalue weighted by molar-refractivity contribution is -0.0198. The number of hydrogen-bond donors (Lipinski definition) is 3. The van der Waals surface area contributed by atoms with Gasteiger partial charge in [-0.15, -0.1) is 0 Å². The van der Waals surface area contributed by atoms with E-state index in [0.717, 1.165) is 36.2 Å². The number of fused-ring (bicyclic) bond motifs is 1. The topological polar surface area (TPSA) is 74.9 Å². The van der Waals surface area contributed by atoms with Crippen LogP contribution in [0.2, 0.25) is 0 Å². The van der Waals surface area contributed by atoms with Crippen LogP contribution in [0, 0.1) is 5.92 Å². The summed E-state index contributed by atoms with van der Waals surface area (Å²) in [5, 5.41) is 17.9. The highest BCUT2D eigenvalue weighted by Crippen LogP contribution is 2.39. The molecule has 1 aromatic heterocycles. The first-order chi connectivity index (χ1) is 7.13. The molecule has 0 aliphatic heterocycles. The monoisotopic (exact) mass is 209 g/mol. The number of rotatable bonds is 2. The molecule has 15 heavy (non-hydrogen) atoms. The summed E-state index contributed by atoms with van der Waals surface area (Å²) in [5.74, 6) is 0.206. The minimum absolute atomic E-state index is 0.206. The molecule has 0 amide bonds. The normalized spacial score (nSPS) is 30.3. The van der Waals surface area contributed by atoms with Crippen LogP contribution < -0.4 is 5.73 Å². The van der Waals surface area contributed by atoms with E-state index in [9.17, 15) is 5.11 Å². The van der Waals surface area contributed by atoms with Crippen molar-refractivity contribution in [1.29, 1.82) is 0 Å². The summed E-state index contributed by atoms with van der Waals surface area (Å²) in [5.41, 5.74) is 7.84. The van der Waals surface area contributed by atoms with Crippen molar-refractivity contribution in [3.8, 4) is 0 Å². The standard InChI is InChI=1S/C11H19N3O/c1-3-8-10-9(14-13-8)5-4-7(2)11(10,15)6-12/h7,15H,3-6,12H2,1-2H3,(H,13,14). The number of hydrogen-bond acceptors (Lipinski definition) is 3. The Bertz CT molecular complexity index is 347. The fourth-order valence-electron chi connectivity index (χ4n) is 2.52. The zero-order chi connectivity index (χ0) is 11.1. The molecule has 1 aliphatic rings. The average molecular weight is 209 g/mol. The first-order valence-electron chi connectivity index (χ1n) is 5.62. The van der Waals surface area contributed by atoms with Crippen molar-refractivity contribution in [1.82, 2.24) is 10.2 Å². The molecule has 4 nitrogen and oxygen atoms in total. The summed E-state index contributed by atoms with van der Waals surface area (Å²) in [4.78, 5) is 0. The van der Waals surface area contributed by atoms with Gasteiger partial charge in [-0.3, -0.25) is 5.10 Å². The van der Waals surface area contributed by atoms with Crippen molar-refractivity contribution in [2.45, 2.75) is 38.7 Å². The maximum absolute atomic E-state index is 10.6. The summed E-state index contributed by atoms with van der Waals surface area (Å²) >= 11 is 0. The average Bonchev–Trinajstić information content (AvgIpc) is 2.67. The van der Waals surface area contributed by atoms with Crippen LogP contribution in [0.4, 0.5) is 0 Å². The summed E-state index contributed by atoms with van der Waals surface area (Å²) in [7, 11) is 0. The van der Waals surface area contributed by atoms with Gasteiger partial charge in [-0.1, -0.05) is 13.8 Å². The molecule has 1 heterocycles. The Hall–Kier alpha value is -0.870. The second kappa shape index (κ2) is 3.61. The molecule has 0 radical (unpaired) electrons. The lowest BCUT2D eigenvalue weighted by atomic mass is 9.73. The van der Waals surface area contributed by atoms with Gasteiger partial charge in [0.15, 0.2) is 0 Å². The fourth-order valence-corrected chi connectivity index (χ4v) is 2.52. The largest absolute Gasteiger partial charge is 0.383 e. The molecule has 0 bridgehead atoms. The summed E-state index contributed by atoms with van der Waals surface area (Å²) < 4.78 is 0. The number of nitrogens with two attached hydrogens (primary N) is 1. The van der Waals surface area contributed by atoms with E-state index in [2.05, 4.69) is 17.1 Å². The first kappa shape index (κ1) is 10.6. The summed E-state index contributed by atoms with van der Waals surface area (Å²) in [6.45, 7) is 4.38. The van der Waals surface area contributed by atoms with Gasteiger partial charge < -0.3 is 10.8 Å². The third-order valence-corrected chi connectivity index (χ3v) is 3.64. The van der Waals surface area contributed by atoms with Crippen molar-refractivity contribution in [3.63, 3.8) is 0 Å². The molecule has 2 rings (SSSR count). The molecule has 1 aliphatic carbocycles. The number of aryl methyl sites for hydroxylation is 2. The fraction of sp³-hybridized carbons (Fsp3) is 0.727. The Morgan fingerprint density at radius 1 is 1.67 bits per heavy atom. The number of H-pyrrole nitrogens is 1. The van der Waals surface area contributed by atoms with Crippen LogP contribution in [-0.2, 0) is 18.4 Å². The minimum Gasteiger partial charge on any atom is -0.383 e. The van der Waals surface area contributed by atoms with Crippen LogP contribution in [0.5, 0.6) is 0 Å². The Morgan fingerprint density at radius 2 is 2.40 bits per heavy atom. The highest BCUT2D eigenvalue weighted by atomic mass is 16.3. The number of aromatic amines is 1. The summed E-state index contributed by atoms with van der Waals surface area (Å²) in [6.07, 6.45) is 2.76. The van der Waals surface area contributed by atoms with Crippen LogP contribution >= 0.6 is 0 Å². The highest BCUT2D eigenvalue weighted by Gasteiger charge is 2.42. The van der Waals surface area contributed by atoms with Crippen LogP contribution in [0.1, 0.15) is 37.2 Å². The molecule has 0 saturated carbocycles. The van der Waals surface area contributed by atoms with Gasteiger partial charge in [0.25, 0.3) is 0 Å². The molecule has 0 spiro atoms. The maximum atomic E-state index is 10.6. The predicted molar refractivity (Wildman–Crippen MR) is 58.4 cm³/mol. The lowest BCUT2D eigenvalue weighted by Gasteiger charge is -2.37. The van der Waals surface area contributed by atoms with Gasteiger partial charge in [-0.2, -0.15) is 5.10 Å². The van der Waals surface area contributed by atoms with E-state index in [1.165, 1.54) is 0 Å². The van der Waals surface area contributed by atoms with E-state index in [1.54, 1.807) is 0 Å². The van der Waals surface area contributed by atoms with Gasteiger partial charge in [0, 0.05) is 17.8 Å². The van der Waals surface area contributed by atoms with Crippen LogP contribution in [0.25, 0.3) is 0 Å². The molecule has 84 valence electrons. The number of nitrogens with one attached hydrogen (secondary N) is 1. The van der Waals surface area contributed by atoms with Gasteiger partial charge in [0.1, 0.15) is 5.60 Å². The predicted octanol–water partition coefficient (Wildman–Crippen LogP) is 0.701. The maximum Gasteiger partial charge on any atom is 0.108 e. The van der Waals surface area contributed by atoms with Gasteiger partial charge in [-0.05, 0) is 25.2 Å². The number of aliphatic hydroxyl groups is 1. The van der Waals surface area contributed by atoms with E-state index < -0.39 is 5.60 Å². The molecular weight excluding hydrogens is 190 g/mol. The van der Waals surface area contributed by atoms with Gasteiger partial charge in [-0.25, -0.2) is 0 Å². The van der Waals surface area contributed by atoms with E-state index in [4.69, 9.17) is 5.73 Å². The second-order valence-electron chi connectivity index (χ2n) is 4.45. The Balaban J connectivity index is 2.54. The lowest BCUT2D eigenvalue weighted by Crippen LogP contribution is -2.44. The first-order valence-corrected chi connectivity index (χ1v) is 5.62. The Labute approximate surface area is 89.9 Å². The van der Waals surface area contributed by atoms with E-state index in [0.29, 0.717) is 0 Å². The number of aromatic nitrogens is 2. The molecule has 2 atom stereocenters. The van der Waals surface area contributed by atoms with E-state index in [-0.39, 0.29) is 12.5 Å². The zero-order valence-corrected chi connectivity index (χ0v) is 9.38. The van der Waals surface area contributed by atoms with Crippen LogP contribution in [0.15, 0.2) is 0 Å². The minimum atomic E-state index is -0.883. The van der Waals surface area contributed by atoms with Gasteiger partial charge in [0.2, 0.25) is 0 Å². The molecule has 1 aromatic rings. The zero-order valence-electron chi connectivity index (χ0n) is 9.38. The summed E-state index contributed by atoms with van der Waals surface area (Å²) in [6, 6.07) is 0. The van der Waals surface area contributed by atoms with Crippen molar-refractivity contribution >= 4 is 0 Å². The number of nitrogens with zero attached hydrogens (tertiary/aromatic N) is 1. The molecular formula is C11H19N3O. The van der Waals surface area contributed by atoms with Gasteiger partial charge >= 0.3 is 0 Å². The van der Waals surface area contributed by atoms with Crippen molar-refractivity contribution in [3.05, 3.63) is 17.0 Å². The van der Waals surface area contributed by atoms with E-state index in [1.807, 2.05) is 6.92 Å². The van der Waals surface area contributed by atoms with Crippen molar-refractivity contribution in [2.75, 3.05) is 6.54 Å². The van der Waals surface area contributed by atoms with Crippen LogP contribution in [0.3, 0.4) is 0 Å². The molecule has 0 aromatic carbocycles. The quantitative estimate of drug-likeness (QED) is 0.671. The molecule has 2 unspecified atom stereocenters. The third kappa shape index (κ3) is 1.40. The Morgan fingerprint density at radius 3 is 3.00 bits per heavy atom. The Kier molecular flexibility index (Phi) is 2.56. The second-order valence-corrected chi connectivity index (χ2v) is 4.45. The van der Waals surface area contributed by atoms with Gasteiger partial charge in [0.05, 0.1) is 5.69 Å². The molecule has 0 fully saturated rings. The third-order valence-electron chi connectivity index (χ3n) is 3.64. The van der Waals surface area contributed by atoms with Crippen molar-refractivity contribution < 1.29 is 5.11 Å². The van der Waals surface area contributed by atoms with Crippen LogP contribution in [-0.4, -0.2) is 21.8 Å². The highest BCUT2D eigenvalue weighted by molar-refractivity contribution is 5.35.